The lowest BCUT2D eigenvalue weighted by Gasteiger charge is -2.18. The Morgan fingerprint density at radius 1 is 1.14 bits per heavy atom. The Morgan fingerprint density at radius 2 is 1.68 bits per heavy atom. The van der Waals surface area contributed by atoms with Crippen LogP contribution in [-0.2, 0) is 6.18 Å². The van der Waals surface area contributed by atoms with Gasteiger partial charge in [0.25, 0.3) is 0 Å². The van der Waals surface area contributed by atoms with Gasteiger partial charge in [0.2, 0.25) is 0 Å². The van der Waals surface area contributed by atoms with Crippen molar-refractivity contribution in [3.05, 3.63) is 29.8 Å². The quantitative estimate of drug-likeness (QED) is 0.909. The number of nitrogens with zero attached hydrogens (tertiary/aromatic N) is 1. The summed E-state index contributed by atoms with van der Waals surface area (Å²) in [5, 5.41) is 8.96. The Hall–Kier alpha value is -1.92. The van der Waals surface area contributed by atoms with Gasteiger partial charge in [-0.1, -0.05) is 0 Å². The number of benzene rings is 1. The van der Waals surface area contributed by atoms with E-state index in [0.29, 0.717) is 18.8 Å². The summed E-state index contributed by atoms with van der Waals surface area (Å²) in [5.74, 6) is 0.999. The smallest absolute Gasteiger partial charge is 0.416 e. The predicted molar refractivity (Wildman–Crippen MR) is 71.7 cm³/mol. The Morgan fingerprint density at radius 3 is 2.14 bits per heavy atom. The fraction of sp³-hybridized carbons (Fsp3) is 0.533. The van der Waals surface area contributed by atoms with Crippen molar-refractivity contribution >= 4 is 6.09 Å². The lowest BCUT2D eigenvalue weighted by Crippen LogP contribution is -2.29. The van der Waals surface area contributed by atoms with Crippen LogP contribution >= 0.6 is 0 Å². The minimum atomic E-state index is -4.34. The van der Waals surface area contributed by atoms with Gasteiger partial charge in [0.15, 0.2) is 0 Å². The number of fused-ring (bicyclic) bond motifs is 1. The molecule has 0 radical (unpaired) electrons. The zero-order valence-electron chi connectivity index (χ0n) is 11.7. The molecule has 2 fully saturated rings. The van der Waals surface area contributed by atoms with Gasteiger partial charge in [0.1, 0.15) is 5.75 Å². The molecule has 1 heterocycles. The zero-order valence-corrected chi connectivity index (χ0v) is 11.7. The molecule has 22 heavy (non-hydrogen) atoms. The van der Waals surface area contributed by atoms with Crippen molar-refractivity contribution in [1.82, 2.24) is 4.90 Å². The standard InChI is InChI=1S/C15H16F3NO3/c16-15(17,18)11-1-3-12(4-2-11)22-13-5-9-7-19(14(20)21)8-10(9)6-13/h1-4,9-10,13H,5-8H2,(H,20,21)/t9-,10+,13-. The van der Waals surface area contributed by atoms with Gasteiger partial charge in [0, 0.05) is 13.1 Å². The molecule has 2 aliphatic rings. The van der Waals surface area contributed by atoms with E-state index in [1.807, 2.05) is 0 Å². The highest BCUT2D eigenvalue weighted by Gasteiger charge is 2.43. The third-order valence-corrected chi connectivity index (χ3v) is 4.46. The van der Waals surface area contributed by atoms with Gasteiger partial charge in [0.05, 0.1) is 11.7 Å². The molecule has 1 aromatic rings. The van der Waals surface area contributed by atoms with Crippen molar-refractivity contribution in [2.45, 2.75) is 25.1 Å². The van der Waals surface area contributed by atoms with Gasteiger partial charge < -0.3 is 14.7 Å². The topological polar surface area (TPSA) is 49.8 Å². The Labute approximate surface area is 125 Å². The molecule has 4 nitrogen and oxygen atoms in total. The van der Waals surface area contributed by atoms with E-state index in [-0.39, 0.29) is 17.9 Å². The molecule has 1 amide bonds. The number of carboxylic acid groups (broad SMARTS) is 1. The van der Waals surface area contributed by atoms with Crippen LogP contribution in [0, 0.1) is 11.8 Å². The fourth-order valence-corrected chi connectivity index (χ4v) is 3.41. The minimum absolute atomic E-state index is 0.0531. The van der Waals surface area contributed by atoms with E-state index in [1.165, 1.54) is 17.0 Å². The van der Waals surface area contributed by atoms with E-state index in [1.54, 1.807) is 0 Å². The molecule has 0 bridgehead atoms. The first-order chi connectivity index (χ1) is 10.3. The third-order valence-electron chi connectivity index (χ3n) is 4.46. The summed E-state index contributed by atoms with van der Waals surface area (Å²) >= 11 is 0. The number of carbonyl (C=O) groups is 1. The number of hydrogen-bond acceptors (Lipinski definition) is 2. The maximum atomic E-state index is 12.5. The largest absolute Gasteiger partial charge is 0.490 e. The molecule has 0 spiro atoms. The van der Waals surface area contributed by atoms with Gasteiger partial charge >= 0.3 is 12.3 Å². The molecule has 1 N–H and O–H groups in total. The van der Waals surface area contributed by atoms with Gasteiger partial charge in [-0.2, -0.15) is 13.2 Å². The van der Waals surface area contributed by atoms with Gasteiger partial charge in [-0.05, 0) is 48.9 Å². The van der Waals surface area contributed by atoms with Crippen LogP contribution < -0.4 is 4.74 Å². The van der Waals surface area contributed by atoms with Crippen molar-refractivity contribution in [1.29, 1.82) is 0 Å². The fourth-order valence-electron chi connectivity index (χ4n) is 3.41. The summed E-state index contributed by atoms with van der Waals surface area (Å²) < 4.78 is 43.2. The van der Waals surface area contributed by atoms with Crippen molar-refractivity contribution in [2.75, 3.05) is 13.1 Å². The SMILES string of the molecule is O=C(O)N1C[C@H]2C[C@@H](Oc3ccc(C(F)(F)F)cc3)C[C@H]2C1. The second kappa shape index (κ2) is 5.37. The second-order valence-corrected chi connectivity index (χ2v) is 5.94. The monoisotopic (exact) mass is 315 g/mol. The average Bonchev–Trinajstić information content (AvgIpc) is 2.96. The molecule has 3 atom stereocenters. The molecule has 3 rings (SSSR count). The average molecular weight is 315 g/mol. The number of halogens is 3. The lowest BCUT2D eigenvalue weighted by atomic mass is 10.0. The van der Waals surface area contributed by atoms with Crippen LogP contribution in [0.3, 0.4) is 0 Å². The van der Waals surface area contributed by atoms with E-state index in [4.69, 9.17) is 9.84 Å². The number of amides is 1. The number of ether oxygens (including phenoxy) is 1. The minimum Gasteiger partial charge on any atom is -0.490 e. The van der Waals surface area contributed by atoms with Crippen molar-refractivity contribution in [3.63, 3.8) is 0 Å². The van der Waals surface area contributed by atoms with E-state index in [9.17, 15) is 18.0 Å². The first-order valence-electron chi connectivity index (χ1n) is 7.14. The normalized spacial score (nSPS) is 27.8. The second-order valence-electron chi connectivity index (χ2n) is 5.94. The Bertz CT molecular complexity index is 544. The van der Waals surface area contributed by atoms with Gasteiger partial charge in [-0.25, -0.2) is 4.79 Å². The van der Waals surface area contributed by atoms with Crippen LogP contribution in [0.2, 0.25) is 0 Å². The van der Waals surface area contributed by atoms with Crippen molar-refractivity contribution in [3.8, 4) is 5.75 Å². The van der Waals surface area contributed by atoms with Crippen LogP contribution in [0.4, 0.5) is 18.0 Å². The maximum absolute atomic E-state index is 12.5. The Kier molecular flexibility index (Phi) is 3.66. The van der Waals surface area contributed by atoms with Crippen LogP contribution in [0.5, 0.6) is 5.75 Å². The molecule has 1 aliphatic carbocycles. The van der Waals surface area contributed by atoms with Crippen LogP contribution in [0.15, 0.2) is 24.3 Å². The lowest BCUT2D eigenvalue weighted by molar-refractivity contribution is -0.137. The van der Waals surface area contributed by atoms with E-state index in [0.717, 1.165) is 25.0 Å². The number of alkyl halides is 3. The highest BCUT2D eigenvalue weighted by Crippen LogP contribution is 2.40. The van der Waals surface area contributed by atoms with E-state index < -0.39 is 17.8 Å². The molecule has 0 aromatic heterocycles. The van der Waals surface area contributed by atoms with Crippen molar-refractivity contribution < 1.29 is 27.8 Å². The predicted octanol–water partition coefficient (Wildman–Crippen LogP) is 3.47. The molecule has 1 saturated carbocycles. The first kappa shape index (κ1) is 15.0. The number of rotatable bonds is 2. The molecule has 7 heteroatoms. The summed E-state index contributed by atoms with van der Waals surface area (Å²) in [6.07, 6.45) is -3.80. The third kappa shape index (κ3) is 2.98. The molecule has 1 saturated heterocycles. The van der Waals surface area contributed by atoms with E-state index >= 15 is 0 Å². The van der Waals surface area contributed by atoms with Crippen LogP contribution in [0.1, 0.15) is 18.4 Å². The zero-order chi connectivity index (χ0) is 15.9. The molecule has 0 unspecified atom stereocenters. The molecule has 1 aromatic carbocycles. The molecule has 120 valence electrons. The number of hydrogen-bond donors (Lipinski definition) is 1. The molecular weight excluding hydrogens is 299 g/mol. The number of likely N-dealkylation sites (tertiary alicyclic amines) is 1. The van der Waals surface area contributed by atoms with Gasteiger partial charge in [-0.3, -0.25) is 0 Å². The summed E-state index contributed by atoms with van der Waals surface area (Å²) in [4.78, 5) is 12.3. The van der Waals surface area contributed by atoms with Gasteiger partial charge in [-0.15, -0.1) is 0 Å². The van der Waals surface area contributed by atoms with E-state index in [2.05, 4.69) is 0 Å². The van der Waals surface area contributed by atoms with Crippen LogP contribution in [-0.4, -0.2) is 35.3 Å². The summed E-state index contributed by atoms with van der Waals surface area (Å²) in [6, 6.07) is 4.69. The first-order valence-corrected chi connectivity index (χ1v) is 7.14. The highest BCUT2D eigenvalue weighted by molar-refractivity contribution is 5.65. The Balaban J connectivity index is 1.57. The molecular formula is C15H16F3NO3. The van der Waals surface area contributed by atoms with Crippen LogP contribution in [0.25, 0.3) is 0 Å². The molecule has 1 aliphatic heterocycles. The summed E-state index contributed by atoms with van der Waals surface area (Å²) in [5.41, 5.74) is -0.694. The highest BCUT2D eigenvalue weighted by atomic mass is 19.4. The maximum Gasteiger partial charge on any atom is 0.416 e. The summed E-state index contributed by atoms with van der Waals surface area (Å²) in [6.45, 7) is 1.04. The van der Waals surface area contributed by atoms with Crippen molar-refractivity contribution in [2.24, 2.45) is 11.8 Å². The summed E-state index contributed by atoms with van der Waals surface area (Å²) in [7, 11) is 0.